The van der Waals surface area contributed by atoms with E-state index in [9.17, 15) is 9.18 Å². The molecule has 0 aliphatic carbocycles. The van der Waals surface area contributed by atoms with Crippen LogP contribution in [0, 0.1) is 5.82 Å². The van der Waals surface area contributed by atoms with Crippen molar-refractivity contribution in [1.29, 1.82) is 0 Å². The fourth-order valence-electron chi connectivity index (χ4n) is 3.33. The van der Waals surface area contributed by atoms with Crippen molar-refractivity contribution in [3.05, 3.63) is 53.5 Å². The van der Waals surface area contributed by atoms with Crippen molar-refractivity contribution in [2.75, 3.05) is 11.9 Å². The number of nitrogens with one attached hydrogen (secondary N) is 2. The number of benzene rings is 2. The zero-order valence-electron chi connectivity index (χ0n) is 12.4. The minimum Gasteiger partial charge on any atom is -0.361 e. The summed E-state index contributed by atoms with van der Waals surface area (Å²) in [5.74, 6) is -0.489. The molecule has 2 heterocycles. The van der Waals surface area contributed by atoms with E-state index in [0.29, 0.717) is 35.0 Å². The molecule has 0 radical (unpaired) electrons. The molecule has 0 saturated carbocycles. The van der Waals surface area contributed by atoms with Crippen LogP contribution in [0.5, 0.6) is 0 Å². The highest BCUT2D eigenvalue weighted by molar-refractivity contribution is 6.27. The second-order valence-electron chi connectivity index (χ2n) is 5.73. The average Bonchev–Trinajstić information content (AvgIpc) is 3.18. The molecule has 4 rings (SSSR count). The minimum atomic E-state index is -0.299. The lowest BCUT2D eigenvalue weighted by Gasteiger charge is -2.12. The Morgan fingerprint density at radius 2 is 2.04 bits per heavy atom. The highest BCUT2D eigenvalue weighted by Gasteiger charge is 2.28. The summed E-state index contributed by atoms with van der Waals surface area (Å²) >= 11 is 0. The molecule has 116 valence electrons. The van der Waals surface area contributed by atoms with E-state index in [2.05, 4.69) is 10.3 Å². The largest absolute Gasteiger partial charge is 0.361 e. The first-order valence-electron chi connectivity index (χ1n) is 7.64. The first kappa shape index (κ1) is 14.0. The smallest absolute Gasteiger partial charge is 0.257 e. The van der Waals surface area contributed by atoms with Crippen molar-refractivity contribution in [2.45, 2.75) is 12.8 Å². The number of nitrogens with two attached hydrogens (primary N) is 1. The van der Waals surface area contributed by atoms with Crippen LogP contribution in [0.2, 0.25) is 0 Å². The third-order valence-electron chi connectivity index (χ3n) is 4.33. The second-order valence-corrected chi connectivity index (χ2v) is 5.73. The van der Waals surface area contributed by atoms with Gasteiger partial charge in [-0.1, -0.05) is 0 Å². The van der Waals surface area contributed by atoms with E-state index in [-0.39, 0.29) is 11.7 Å². The third kappa shape index (κ3) is 2.04. The molecule has 0 fully saturated rings. The van der Waals surface area contributed by atoms with E-state index < -0.39 is 0 Å². The predicted molar refractivity (Wildman–Crippen MR) is 89.0 cm³/mol. The fraction of sp³-hybridized carbons (Fsp3) is 0.167. The van der Waals surface area contributed by atoms with Gasteiger partial charge in [0.2, 0.25) is 0 Å². The molecule has 3 aromatic rings. The molecule has 0 unspecified atom stereocenters. The Morgan fingerprint density at radius 3 is 2.78 bits per heavy atom. The molecule has 1 amide bonds. The Bertz CT molecular complexity index is 916. The number of H-pyrrole nitrogens is 1. The van der Waals surface area contributed by atoms with Gasteiger partial charge < -0.3 is 16.0 Å². The maximum Gasteiger partial charge on any atom is 0.257 e. The van der Waals surface area contributed by atoms with Crippen LogP contribution >= 0.6 is 0 Å². The molecule has 0 atom stereocenters. The van der Waals surface area contributed by atoms with Crippen molar-refractivity contribution >= 4 is 22.4 Å². The number of carbonyl (C=O) groups excluding carboxylic acids is 1. The van der Waals surface area contributed by atoms with Crippen LogP contribution in [0.25, 0.3) is 22.0 Å². The van der Waals surface area contributed by atoms with Gasteiger partial charge in [-0.15, -0.1) is 0 Å². The van der Waals surface area contributed by atoms with Gasteiger partial charge in [-0.25, -0.2) is 4.39 Å². The van der Waals surface area contributed by atoms with Crippen LogP contribution in [0.1, 0.15) is 22.3 Å². The van der Waals surface area contributed by atoms with Crippen LogP contribution in [-0.2, 0) is 6.42 Å². The minimum absolute atomic E-state index is 0.189. The summed E-state index contributed by atoms with van der Waals surface area (Å²) in [4.78, 5) is 15.6. The molecular weight excluding hydrogens is 293 g/mol. The van der Waals surface area contributed by atoms with E-state index in [1.807, 2.05) is 24.4 Å². The normalized spacial score (nSPS) is 12.9. The van der Waals surface area contributed by atoms with Crippen molar-refractivity contribution < 1.29 is 9.18 Å². The van der Waals surface area contributed by atoms with E-state index >= 15 is 0 Å². The molecule has 5 heteroatoms. The molecular formula is C18H16FN3O. The summed E-state index contributed by atoms with van der Waals surface area (Å²) in [6, 6.07) is 8.74. The third-order valence-corrected chi connectivity index (χ3v) is 4.33. The van der Waals surface area contributed by atoms with E-state index in [1.165, 1.54) is 6.07 Å². The molecule has 1 aliphatic rings. The Labute approximate surface area is 132 Å². The van der Waals surface area contributed by atoms with Crippen LogP contribution < -0.4 is 11.1 Å². The zero-order valence-corrected chi connectivity index (χ0v) is 12.4. The predicted octanol–water partition coefficient (Wildman–Crippen LogP) is 3.43. The Kier molecular flexibility index (Phi) is 3.16. The lowest BCUT2D eigenvalue weighted by molar-refractivity contribution is 0.103. The Hall–Kier alpha value is -2.66. The average molecular weight is 309 g/mol. The zero-order chi connectivity index (χ0) is 16.0. The molecule has 4 N–H and O–H groups in total. The number of hydrogen-bond donors (Lipinski definition) is 3. The first-order chi connectivity index (χ1) is 11.2. The molecule has 0 spiro atoms. The van der Waals surface area contributed by atoms with Crippen LogP contribution in [0.15, 0.2) is 36.5 Å². The van der Waals surface area contributed by atoms with E-state index in [1.54, 1.807) is 6.07 Å². The van der Waals surface area contributed by atoms with Gasteiger partial charge in [0, 0.05) is 33.9 Å². The van der Waals surface area contributed by atoms with Crippen molar-refractivity contribution in [3.63, 3.8) is 0 Å². The van der Waals surface area contributed by atoms with E-state index in [0.717, 1.165) is 23.2 Å². The van der Waals surface area contributed by atoms with Gasteiger partial charge in [-0.2, -0.15) is 0 Å². The summed E-state index contributed by atoms with van der Waals surface area (Å²) in [6.45, 7) is 0.541. The number of rotatable bonds is 4. The quantitative estimate of drug-likeness (QED) is 0.691. The summed E-state index contributed by atoms with van der Waals surface area (Å²) in [6.07, 6.45) is 3.25. The van der Waals surface area contributed by atoms with Gasteiger partial charge in [0.05, 0.1) is 5.56 Å². The van der Waals surface area contributed by atoms with Crippen molar-refractivity contribution in [3.8, 4) is 11.3 Å². The number of halogens is 1. The number of aromatic amines is 1. The van der Waals surface area contributed by atoms with Gasteiger partial charge >= 0.3 is 0 Å². The summed E-state index contributed by atoms with van der Waals surface area (Å²) in [5, 5.41) is 4.04. The number of hydrogen-bond acceptors (Lipinski definition) is 2. The van der Waals surface area contributed by atoms with Gasteiger partial charge in [0.15, 0.2) is 0 Å². The number of carbonyl (C=O) groups is 1. The molecule has 2 aromatic carbocycles. The summed E-state index contributed by atoms with van der Waals surface area (Å²) in [7, 11) is 0. The van der Waals surface area contributed by atoms with Crippen LogP contribution in [-0.4, -0.2) is 17.4 Å². The van der Waals surface area contributed by atoms with Crippen LogP contribution in [0.3, 0.4) is 0 Å². The molecule has 0 bridgehead atoms. The van der Waals surface area contributed by atoms with Gasteiger partial charge in [0.25, 0.3) is 5.91 Å². The molecule has 1 aliphatic heterocycles. The SMILES string of the molecule is NCCCc1cc(-c2ccc[nH]2)c2c3c(ccc(F)c13)NC2=O. The van der Waals surface area contributed by atoms with Gasteiger partial charge in [-0.05, 0) is 55.3 Å². The van der Waals surface area contributed by atoms with Crippen molar-refractivity contribution in [2.24, 2.45) is 5.73 Å². The highest BCUT2D eigenvalue weighted by atomic mass is 19.1. The maximum atomic E-state index is 14.5. The second kappa shape index (κ2) is 5.21. The highest BCUT2D eigenvalue weighted by Crippen LogP contribution is 2.41. The molecule has 0 saturated heterocycles. The van der Waals surface area contributed by atoms with Crippen LogP contribution in [0.4, 0.5) is 10.1 Å². The van der Waals surface area contributed by atoms with Gasteiger partial charge in [0.1, 0.15) is 5.82 Å². The maximum absolute atomic E-state index is 14.5. The Morgan fingerprint density at radius 1 is 1.17 bits per heavy atom. The lowest BCUT2D eigenvalue weighted by atomic mass is 9.91. The Balaban J connectivity index is 2.09. The molecule has 1 aromatic heterocycles. The first-order valence-corrected chi connectivity index (χ1v) is 7.64. The number of aromatic nitrogens is 1. The number of aryl methyl sites for hydroxylation is 1. The fourth-order valence-corrected chi connectivity index (χ4v) is 3.33. The number of anilines is 1. The topological polar surface area (TPSA) is 70.9 Å². The molecule has 4 nitrogen and oxygen atoms in total. The number of amides is 1. The standard InChI is InChI=1S/C18H16FN3O/c19-12-5-6-14-17-15(12)10(3-1-7-20)9-11(13-4-2-8-21-13)16(17)18(23)22-14/h2,4-6,8-9,21H,1,3,7,20H2,(H,22,23). The van der Waals surface area contributed by atoms with Gasteiger partial charge in [-0.3, -0.25) is 4.79 Å². The molecule has 23 heavy (non-hydrogen) atoms. The monoisotopic (exact) mass is 309 g/mol. The van der Waals surface area contributed by atoms with Crippen molar-refractivity contribution in [1.82, 2.24) is 4.98 Å². The lowest BCUT2D eigenvalue weighted by Crippen LogP contribution is -2.06. The van der Waals surface area contributed by atoms with E-state index in [4.69, 9.17) is 5.73 Å². The summed E-state index contributed by atoms with van der Waals surface area (Å²) < 4.78 is 14.5. The summed E-state index contributed by atoms with van der Waals surface area (Å²) in [5.41, 5.74) is 9.36.